The standard InChI is InChI=1S/C11H14ClN5O2/c1-5(2)4-7(18)14-10-15-11-13-6(3)8(12)9(19)17(11)16-10/h5H,4H2,1-3H3,(H2,13,14,15,16,18). The minimum absolute atomic E-state index is 0.0289. The van der Waals surface area contributed by atoms with Crippen molar-refractivity contribution in [2.24, 2.45) is 5.92 Å². The second kappa shape index (κ2) is 5.00. The maximum Gasteiger partial charge on any atom is 0.293 e. The second-order valence-corrected chi connectivity index (χ2v) is 5.05. The van der Waals surface area contributed by atoms with Gasteiger partial charge in [0.05, 0.1) is 5.69 Å². The number of halogens is 1. The SMILES string of the molecule is Cc1nc2nc(NC(=O)CC(C)C)[nH]n2c(=O)c1Cl. The van der Waals surface area contributed by atoms with Gasteiger partial charge in [0, 0.05) is 6.42 Å². The van der Waals surface area contributed by atoms with Gasteiger partial charge < -0.3 is 0 Å². The molecule has 0 spiro atoms. The van der Waals surface area contributed by atoms with Gasteiger partial charge in [0.25, 0.3) is 11.3 Å². The molecule has 0 aliphatic heterocycles. The van der Waals surface area contributed by atoms with E-state index >= 15 is 0 Å². The lowest BCUT2D eigenvalue weighted by Gasteiger charge is -2.03. The van der Waals surface area contributed by atoms with Crippen LogP contribution in [0.2, 0.25) is 5.02 Å². The number of fused-ring (bicyclic) bond motifs is 1. The molecule has 0 radical (unpaired) electrons. The molecule has 0 unspecified atom stereocenters. The van der Waals surface area contributed by atoms with Crippen molar-refractivity contribution in [2.45, 2.75) is 27.2 Å². The molecular formula is C11H14ClN5O2. The number of amides is 1. The number of aromatic amines is 1. The number of aryl methyl sites for hydroxylation is 1. The molecule has 8 heteroatoms. The van der Waals surface area contributed by atoms with Crippen LogP contribution in [-0.2, 0) is 4.79 Å². The Balaban J connectivity index is 2.35. The quantitative estimate of drug-likeness (QED) is 0.890. The molecule has 0 aliphatic rings. The van der Waals surface area contributed by atoms with Crippen LogP contribution in [0.4, 0.5) is 5.95 Å². The van der Waals surface area contributed by atoms with E-state index in [1.807, 2.05) is 13.8 Å². The molecule has 0 saturated carbocycles. The number of nitrogens with one attached hydrogen (secondary N) is 2. The third kappa shape index (κ3) is 2.76. The zero-order chi connectivity index (χ0) is 14.2. The van der Waals surface area contributed by atoms with E-state index in [1.165, 1.54) is 0 Å². The molecule has 102 valence electrons. The maximum atomic E-state index is 11.8. The fourth-order valence-electron chi connectivity index (χ4n) is 1.61. The number of hydrogen-bond acceptors (Lipinski definition) is 4. The summed E-state index contributed by atoms with van der Waals surface area (Å²) in [6, 6.07) is 0. The van der Waals surface area contributed by atoms with Crippen LogP contribution in [-0.4, -0.2) is 25.5 Å². The summed E-state index contributed by atoms with van der Waals surface area (Å²) >= 11 is 5.81. The van der Waals surface area contributed by atoms with Crippen LogP contribution >= 0.6 is 11.6 Å². The molecule has 0 bridgehead atoms. The van der Waals surface area contributed by atoms with Gasteiger partial charge in [-0.05, 0) is 12.8 Å². The third-order valence-corrected chi connectivity index (χ3v) is 2.89. The van der Waals surface area contributed by atoms with Crippen molar-refractivity contribution < 1.29 is 4.79 Å². The molecular weight excluding hydrogens is 270 g/mol. The highest BCUT2D eigenvalue weighted by Crippen LogP contribution is 2.09. The average molecular weight is 284 g/mol. The van der Waals surface area contributed by atoms with Crippen LogP contribution in [0.25, 0.3) is 5.78 Å². The highest BCUT2D eigenvalue weighted by atomic mass is 35.5. The number of rotatable bonds is 3. The maximum absolute atomic E-state index is 11.8. The Labute approximate surface area is 114 Å². The topological polar surface area (TPSA) is 92.2 Å². The van der Waals surface area contributed by atoms with Gasteiger partial charge >= 0.3 is 0 Å². The summed E-state index contributed by atoms with van der Waals surface area (Å²) in [6.45, 7) is 5.50. The fraction of sp³-hybridized carbons (Fsp3) is 0.455. The fourth-order valence-corrected chi connectivity index (χ4v) is 1.74. The summed E-state index contributed by atoms with van der Waals surface area (Å²) in [6.07, 6.45) is 0.374. The van der Waals surface area contributed by atoms with Gasteiger partial charge in [-0.25, -0.2) is 4.98 Å². The number of H-pyrrole nitrogens is 1. The Hall–Kier alpha value is -1.89. The number of hydrogen-bond donors (Lipinski definition) is 2. The summed E-state index contributed by atoms with van der Waals surface area (Å²) in [5, 5.41) is 5.26. The van der Waals surface area contributed by atoms with Gasteiger partial charge in [-0.3, -0.25) is 20.0 Å². The predicted octanol–water partition coefficient (Wildman–Crippen LogP) is 1.36. The monoisotopic (exact) mass is 283 g/mol. The summed E-state index contributed by atoms with van der Waals surface area (Å²) in [4.78, 5) is 31.5. The van der Waals surface area contributed by atoms with Crippen LogP contribution in [0.3, 0.4) is 0 Å². The molecule has 0 aromatic carbocycles. The van der Waals surface area contributed by atoms with E-state index in [-0.39, 0.29) is 28.6 Å². The van der Waals surface area contributed by atoms with Gasteiger partial charge in [-0.15, -0.1) is 0 Å². The number of nitrogens with zero attached hydrogens (tertiary/aromatic N) is 3. The van der Waals surface area contributed by atoms with E-state index < -0.39 is 5.56 Å². The van der Waals surface area contributed by atoms with Crippen molar-refractivity contribution in [2.75, 3.05) is 5.32 Å². The normalized spacial score (nSPS) is 11.2. The molecule has 2 rings (SSSR count). The lowest BCUT2D eigenvalue weighted by atomic mass is 10.1. The average Bonchev–Trinajstić information content (AvgIpc) is 2.67. The molecule has 0 aliphatic carbocycles. The Bertz CT molecular complexity index is 688. The second-order valence-electron chi connectivity index (χ2n) is 4.67. The first-order chi connectivity index (χ1) is 8.88. The lowest BCUT2D eigenvalue weighted by molar-refractivity contribution is -0.116. The van der Waals surface area contributed by atoms with Gasteiger partial charge in [0.15, 0.2) is 0 Å². The largest absolute Gasteiger partial charge is 0.295 e. The molecule has 1 amide bonds. The zero-order valence-electron chi connectivity index (χ0n) is 10.8. The van der Waals surface area contributed by atoms with Gasteiger partial charge in [0.2, 0.25) is 11.9 Å². The van der Waals surface area contributed by atoms with Crippen LogP contribution in [0.5, 0.6) is 0 Å². The third-order valence-electron chi connectivity index (χ3n) is 2.46. The number of aromatic nitrogens is 4. The molecule has 2 aromatic heterocycles. The first-order valence-electron chi connectivity index (χ1n) is 5.83. The highest BCUT2D eigenvalue weighted by Gasteiger charge is 2.13. The van der Waals surface area contributed by atoms with E-state index in [1.54, 1.807) is 6.92 Å². The first kappa shape index (κ1) is 13.5. The van der Waals surface area contributed by atoms with Gasteiger partial charge in [-0.1, -0.05) is 25.4 Å². The summed E-state index contributed by atoms with van der Waals surface area (Å²) in [5.74, 6) is 0.413. The Morgan fingerprint density at radius 1 is 1.47 bits per heavy atom. The minimum atomic E-state index is -0.443. The molecule has 0 fully saturated rings. The smallest absolute Gasteiger partial charge is 0.293 e. The van der Waals surface area contributed by atoms with Crippen LogP contribution < -0.4 is 10.9 Å². The van der Waals surface area contributed by atoms with E-state index in [4.69, 9.17) is 11.6 Å². The summed E-state index contributed by atoms with van der Waals surface area (Å²) < 4.78 is 1.10. The number of anilines is 1. The van der Waals surface area contributed by atoms with E-state index in [0.717, 1.165) is 4.52 Å². The summed E-state index contributed by atoms with van der Waals surface area (Å²) in [7, 11) is 0. The Kier molecular flexibility index (Phi) is 3.57. The zero-order valence-corrected chi connectivity index (χ0v) is 11.6. The van der Waals surface area contributed by atoms with Crippen molar-refractivity contribution in [3.8, 4) is 0 Å². The summed E-state index contributed by atoms with van der Waals surface area (Å²) in [5.41, 5.74) is -0.0424. The van der Waals surface area contributed by atoms with E-state index in [9.17, 15) is 9.59 Å². The number of carbonyl (C=O) groups is 1. The molecule has 0 saturated heterocycles. The van der Waals surface area contributed by atoms with Crippen LogP contribution in [0.1, 0.15) is 26.0 Å². The van der Waals surface area contributed by atoms with Crippen molar-refractivity contribution in [1.29, 1.82) is 0 Å². The van der Waals surface area contributed by atoms with Crippen molar-refractivity contribution >= 4 is 29.2 Å². The first-order valence-corrected chi connectivity index (χ1v) is 6.21. The molecule has 2 N–H and O–H groups in total. The van der Waals surface area contributed by atoms with Crippen molar-refractivity contribution in [3.63, 3.8) is 0 Å². The van der Waals surface area contributed by atoms with Crippen LogP contribution in [0.15, 0.2) is 4.79 Å². The molecule has 2 aromatic rings. The van der Waals surface area contributed by atoms with Gasteiger partial charge in [0.1, 0.15) is 5.02 Å². The highest BCUT2D eigenvalue weighted by molar-refractivity contribution is 6.31. The molecule has 2 heterocycles. The molecule has 0 atom stereocenters. The van der Waals surface area contributed by atoms with Crippen molar-refractivity contribution in [3.05, 3.63) is 21.1 Å². The van der Waals surface area contributed by atoms with E-state index in [0.29, 0.717) is 12.1 Å². The van der Waals surface area contributed by atoms with Gasteiger partial charge in [-0.2, -0.15) is 9.50 Å². The number of carbonyl (C=O) groups excluding carboxylic acids is 1. The minimum Gasteiger partial charge on any atom is -0.295 e. The Morgan fingerprint density at radius 2 is 2.16 bits per heavy atom. The molecule has 7 nitrogen and oxygen atoms in total. The molecule has 19 heavy (non-hydrogen) atoms. The van der Waals surface area contributed by atoms with E-state index in [2.05, 4.69) is 20.4 Å². The lowest BCUT2D eigenvalue weighted by Crippen LogP contribution is -2.18. The van der Waals surface area contributed by atoms with Crippen molar-refractivity contribution in [1.82, 2.24) is 19.6 Å². The predicted molar refractivity (Wildman–Crippen MR) is 71.4 cm³/mol. The van der Waals surface area contributed by atoms with Crippen LogP contribution in [0, 0.1) is 12.8 Å². The Morgan fingerprint density at radius 3 is 2.79 bits per heavy atom.